The molecule has 98 valence electrons. The molecule has 6 heteroatoms. The molecule has 19 heavy (non-hydrogen) atoms. The van der Waals surface area contributed by atoms with Gasteiger partial charge in [0.1, 0.15) is 17.8 Å². The molecule has 0 spiro atoms. The Morgan fingerprint density at radius 2 is 2.11 bits per heavy atom. The number of anilines is 1. The maximum absolute atomic E-state index is 12.7. The zero-order valence-corrected chi connectivity index (χ0v) is 10.3. The third-order valence-electron chi connectivity index (χ3n) is 2.42. The highest BCUT2D eigenvalue weighted by Gasteiger charge is 2.09. The van der Waals surface area contributed by atoms with Crippen LogP contribution >= 0.6 is 0 Å². The summed E-state index contributed by atoms with van der Waals surface area (Å²) in [5.41, 5.74) is 1.12. The van der Waals surface area contributed by atoms with Gasteiger partial charge < -0.3 is 10.1 Å². The fourth-order valence-electron chi connectivity index (χ4n) is 1.55. The number of benzene rings is 1. The number of carbonyl (C=O) groups excluding carboxylic acids is 1. The zero-order valence-electron chi connectivity index (χ0n) is 10.3. The van der Waals surface area contributed by atoms with Crippen molar-refractivity contribution in [2.75, 3.05) is 12.4 Å². The van der Waals surface area contributed by atoms with E-state index in [1.54, 1.807) is 12.1 Å². The van der Waals surface area contributed by atoms with Gasteiger partial charge in [-0.05, 0) is 17.7 Å². The Morgan fingerprint density at radius 1 is 1.37 bits per heavy atom. The van der Waals surface area contributed by atoms with E-state index in [4.69, 9.17) is 4.74 Å². The van der Waals surface area contributed by atoms with E-state index in [-0.39, 0.29) is 18.1 Å². The summed E-state index contributed by atoms with van der Waals surface area (Å²) in [5, 5.41) is 2.64. The van der Waals surface area contributed by atoms with Crippen molar-refractivity contribution in [1.29, 1.82) is 0 Å². The Morgan fingerprint density at radius 3 is 2.79 bits per heavy atom. The Bertz CT molecular complexity index is 572. The number of nitrogens with zero attached hydrogens (tertiary/aromatic N) is 2. The molecule has 1 amide bonds. The van der Waals surface area contributed by atoms with E-state index in [0.717, 1.165) is 5.56 Å². The number of carbonyl (C=O) groups is 1. The summed E-state index contributed by atoms with van der Waals surface area (Å²) in [6, 6.07) is 5.75. The highest BCUT2D eigenvalue weighted by atomic mass is 19.1. The number of hydrogen-bond acceptors (Lipinski definition) is 4. The highest BCUT2D eigenvalue weighted by Crippen LogP contribution is 2.18. The minimum absolute atomic E-state index is 0.137. The molecule has 0 aliphatic rings. The average Bonchev–Trinajstić information content (AvgIpc) is 2.42. The quantitative estimate of drug-likeness (QED) is 0.911. The van der Waals surface area contributed by atoms with Crippen molar-refractivity contribution in [3.63, 3.8) is 0 Å². The molecule has 0 fully saturated rings. The summed E-state index contributed by atoms with van der Waals surface area (Å²) < 4.78 is 17.7. The molecule has 0 atom stereocenters. The van der Waals surface area contributed by atoms with Gasteiger partial charge in [-0.1, -0.05) is 12.1 Å². The van der Waals surface area contributed by atoms with Gasteiger partial charge in [-0.15, -0.1) is 0 Å². The van der Waals surface area contributed by atoms with Crippen molar-refractivity contribution < 1.29 is 13.9 Å². The van der Waals surface area contributed by atoms with Crippen LogP contribution in [-0.2, 0) is 11.2 Å². The second-order valence-electron chi connectivity index (χ2n) is 3.80. The molecule has 2 rings (SSSR count). The normalized spacial score (nSPS) is 10.0. The first-order valence-electron chi connectivity index (χ1n) is 5.57. The van der Waals surface area contributed by atoms with E-state index in [1.807, 2.05) is 0 Å². The van der Waals surface area contributed by atoms with Gasteiger partial charge >= 0.3 is 0 Å². The molecule has 0 unspecified atom stereocenters. The lowest BCUT2D eigenvalue weighted by molar-refractivity contribution is -0.115. The molecular weight excluding hydrogens is 249 g/mol. The molecule has 2 aromatic rings. The molecule has 1 N–H and O–H groups in total. The molecule has 1 heterocycles. The van der Waals surface area contributed by atoms with Gasteiger partial charge in [0.05, 0.1) is 19.7 Å². The van der Waals surface area contributed by atoms with Crippen molar-refractivity contribution in [3.8, 4) is 5.88 Å². The number of hydrogen-bond donors (Lipinski definition) is 1. The van der Waals surface area contributed by atoms with Crippen LogP contribution in [0.3, 0.4) is 0 Å². The van der Waals surface area contributed by atoms with E-state index >= 15 is 0 Å². The van der Waals surface area contributed by atoms with Crippen LogP contribution in [0.1, 0.15) is 5.56 Å². The summed E-state index contributed by atoms with van der Waals surface area (Å²) in [4.78, 5) is 19.5. The number of nitrogens with one attached hydrogen (secondary N) is 1. The molecule has 0 bridgehead atoms. The van der Waals surface area contributed by atoms with Gasteiger partial charge in [-0.25, -0.2) is 9.37 Å². The second kappa shape index (κ2) is 5.90. The fraction of sp³-hybridized carbons (Fsp3) is 0.154. The molecule has 0 saturated carbocycles. The van der Waals surface area contributed by atoms with Crippen LogP contribution in [0.15, 0.2) is 36.8 Å². The van der Waals surface area contributed by atoms with Crippen LogP contribution in [0.25, 0.3) is 0 Å². The van der Waals surface area contributed by atoms with Gasteiger partial charge in [0.2, 0.25) is 11.8 Å². The second-order valence-corrected chi connectivity index (χ2v) is 3.80. The number of rotatable bonds is 4. The first kappa shape index (κ1) is 12.9. The van der Waals surface area contributed by atoms with Crippen LogP contribution in [0, 0.1) is 5.82 Å². The van der Waals surface area contributed by atoms with Gasteiger partial charge in [-0.2, -0.15) is 4.98 Å². The van der Waals surface area contributed by atoms with Crippen molar-refractivity contribution in [2.45, 2.75) is 6.42 Å². The number of ether oxygens (including phenoxy) is 1. The summed E-state index contributed by atoms with van der Waals surface area (Å²) >= 11 is 0. The number of amides is 1. The fourth-order valence-corrected chi connectivity index (χ4v) is 1.55. The van der Waals surface area contributed by atoms with E-state index in [0.29, 0.717) is 11.6 Å². The van der Waals surface area contributed by atoms with Crippen LogP contribution in [0.4, 0.5) is 10.1 Å². The topological polar surface area (TPSA) is 64.1 Å². The van der Waals surface area contributed by atoms with Crippen LogP contribution in [0.5, 0.6) is 5.88 Å². The number of halogens is 1. The lowest BCUT2D eigenvalue weighted by Crippen LogP contribution is -2.15. The first-order valence-corrected chi connectivity index (χ1v) is 5.57. The maximum atomic E-state index is 12.7. The monoisotopic (exact) mass is 261 g/mol. The van der Waals surface area contributed by atoms with Crippen LogP contribution in [-0.4, -0.2) is 23.0 Å². The third kappa shape index (κ3) is 3.48. The summed E-state index contributed by atoms with van der Waals surface area (Å²) in [5.74, 6) is -0.288. The Hall–Kier alpha value is -2.50. The highest BCUT2D eigenvalue weighted by molar-refractivity contribution is 5.93. The summed E-state index contributed by atoms with van der Waals surface area (Å²) in [7, 11) is 1.46. The zero-order chi connectivity index (χ0) is 13.7. The van der Waals surface area contributed by atoms with Gasteiger partial charge in [-0.3, -0.25) is 4.79 Å². The smallest absolute Gasteiger partial charge is 0.240 e. The third-order valence-corrected chi connectivity index (χ3v) is 2.42. The largest absolute Gasteiger partial charge is 0.479 e. The van der Waals surface area contributed by atoms with Crippen LogP contribution in [0.2, 0.25) is 0 Å². The van der Waals surface area contributed by atoms with Crippen molar-refractivity contribution >= 4 is 11.6 Å². The molecule has 5 nitrogen and oxygen atoms in total. The van der Waals surface area contributed by atoms with Crippen LogP contribution < -0.4 is 10.1 Å². The van der Waals surface area contributed by atoms with Crippen molar-refractivity contribution in [3.05, 3.63) is 48.2 Å². The van der Waals surface area contributed by atoms with Gasteiger partial charge in [0, 0.05) is 0 Å². The minimum atomic E-state index is -0.331. The minimum Gasteiger partial charge on any atom is -0.479 e. The van der Waals surface area contributed by atoms with Crippen molar-refractivity contribution in [1.82, 2.24) is 9.97 Å². The molecule has 0 radical (unpaired) electrons. The van der Waals surface area contributed by atoms with E-state index in [2.05, 4.69) is 15.3 Å². The lowest BCUT2D eigenvalue weighted by atomic mass is 10.1. The SMILES string of the molecule is COc1ncncc1NC(=O)Cc1ccc(F)cc1. The first-order chi connectivity index (χ1) is 9.19. The standard InChI is InChI=1S/C13H12FN3O2/c1-19-13-11(7-15-8-16-13)17-12(18)6-9-2-4-10(14)5-3-9/h2-5,7-8H,6H2,1H3,(H,17,18). The Labute approximate surface area is 109 Å². The summed E-state index contributed by atoms with van der Waals surface area (Å²) in [6.07, 6.45) is 2.92. The average molecular weight is 261 g/mol. The van der Waals surface area contributed by atoms with E-state index in [1.165, 1.54) is 31.8 Å². The lowest BCUT2D eigenvalue weighted by Gasteiger charge is -2.08. The molecule has 0 aliphatic heterocycles. The molecule has 1 aromatic carbocycles. The maximum Gasteiger partial charge on any atom is 0.240 e. The Balaban J connectivity index is 2.03. The number of aromatic nitrogens is 2. The molecular formula is C13H12FN3O2. The number of methoxy groups -OCH3 is 1. The van der Waals surface area contributed by atoms with E-state index < -0.39 is 0 Å². The molecule has 0 aliphatic carbocycles. The predicted octanol–water partition coefficient (Wildman–Crippen LogP) is 1.81. The Kier molecular flexibility index (Phi) is 4.02. The summed E-state index contributed by atoms with van der Waals surface area (Å²) in [6.45, 7) is 0. The van der Waals surface area contributed by atoms with Crippen molar-refractivity contribution in [2.24, 2.45) is 0 Å². The predicted molar refractivity (Wildman–Crippen MR) is 67.3 cm³/mol. The van der Waals surface area contributed by atoms with Gasteiger partial charge in [0.25, 0.3) is 0 Å². The van der Waals surface area contributed by atoms with E-state index in [9.17, 15) is 9.18 Å². The van der Waals surface area contributed by atoms with Gasteiger partial charge in [0.15, 0.2) is 0 Å². The molecule has 1 aromatic heterocycles. The molecule has 0 saturated heterocycles.